The molecule has 18 heavy (non-hydrogen) atoms. The molecule has 0 aliphatic heterocycles. The van der Waals surface area contributed by atoms with Gasteiger partial charge in [0.15, 0.2) is 0 Å². The quantitative estimate of drug-likeness (QED) is 0.802. The first kappa shape index (κ1) is 14.8. The Morgan fingerprint density at radius 1 is 1.28 bits per heavy atom. The second kappa shape index (κ2) is 6.61. The first-order valence-corrected chi connectivity index (χ1v) is 5.54. The van der Waals surface area contributed by atoms with Crippen LogP contribution in [0, 0.1) is 0 Å². The maximum absolute atomic E-state index is 12.2. The molecule has 0 aliphatic rings. The summed E-state index contributed by atoms with van der Waals surface area (Å²) in [6.07, 6.45) is -5.15. The number of benzene rings is 1. The van der Waals surface area contributed by atoms with Gasteiger partial charge in [-0.25, -0.2) is 0 Å². The van der Waals surface area contributed by atoms with Gasteiger partial charge in [0.25, 0.3) is 0 Å². The van der Waals surface area contributed by atoms with Crippen LogP contribution < -0.4 is 4.74 Å². The first-order chi connectivity index (χ1) is 8.44. The van der Waals surface area contributed by atoms with Gasteiger partial charge < -0.3 is 14.6 Å². The predicted molar refractivity (Wildman–Crippen MR) is 59.2 cm³/mol. The van der Waals surface area contributed by atoms with Gasteiger partial charge in [0.05, 0.1) is 6.61 Å². The summed E-state index contributed by atoms with van der Waals surface area (Å²) in [7, 11) is 0. The summed E-state index contributed by atoms with van der Waals surface area (Å²) in [4.78, 5) is 0. The minimum absolute atomic E-state index is 0.0610. The lowest BCUT2D eigenvalue weighted by molar-refractivity contribution is -0.275. The predicted octanol–water partition coefficient (Wildman–Crippen LogP) is 3.05. The second-order valence-corrected chi connectivity index (χ2v) is 3.68. The van der Waals surface area contributed by atoms with Gasteiger partial charge in [-0.15, -0.1) is 13.2 Å². The molecule has 1 aromatic carbocycles. The molecule has 1 atom stereocenters. The van der Waals surface area contributed by atoms with Crippen molar-refractivity contribution in [3.8, 4) is 5.75 Å². The Morgan fingerprint density at radius 3 is 2.56 bits per heavy atom. The monoisotopic (exact) mass is 264 g/mol. The number of alkyl halides is 3. The minimum atomic E-state index is -4.78. The molecular formula is C12H15F3O3. The van der Waals surface area contributed by atoms with Crippen LogP contribution in [0.2, 0.25) is 0 Å². The molecule has 0 aliphatic carbocycles. The molecule has 0 bridgehead atoms. The van der Waals surface area contributed by atoms with Crippen molar-refractivity contribution >= 4 is 0 Å². The minimum Gasteiger partial charge on any atom is -0.405 e. The smallest absolute Gasteiger partial charge is 0.405 e. The van der Waals surface area contributed by atoms with E-state index in [2.05, 4.69) is 4.74 Å². The number of aliphatic hydroxyl groups is 1. The third-order valence-corrected chi connectivity index (χ3v) is 2.13. The molecule has 0 amide bonds. The molecule has 0 spiro atoms. The number of ether oxygens (including phenoxy) is 2. The molecule has 0 fully saturated rings. The van der Waals surface area contributed by atoms with E-state index in [-0.39, 0.29) is 12.2 Å². The van der Waals surface area contributed by atoms with Gasteiger partial charge in [-0.2, -0.15) is 0 Å². The van der Waals surface area contributed by atoms with Crippen molar-refractivity contribution in [3.63, 3.8) is 0 Å². The van der Waals surface area contributed by atoms with Crippen LogP contribution in [0.4, 0.5) is 13.2 Å². The average Bonchev–Trinajstić information content (AvgIpc) is 2.27. The van der Waals surface area contributed by atoms with Crippen molar-refractivity contribution in [1.29, 1.82) is 0 Å². The Kier molecular flexibility index (Phi) is 5.43. The van der Waals surface area contributed by atoms with E-state index < -0.39 is 18.2 Å². The summed E-state index contributed by atoms with van der Waals surface area (Å²) in [5, 5.41) is 9.75. The summed E-state index contributed by atoms with van der Waals surface area (Å²) in [5.41, 5.74) is 0.0610. The average molecular weight is 264 g/mol. The van der Waals surface area contributed by atoms with Crippen LogP contribution in [0.5, 0.6) is 5.75 Å². The molecule has 0 saturated carbocycles. The third-order valence-electron chi connectivity index (χ3n) is 2.13. The highest BCUT2D eigenvalue weighted by atomic mass is 19.4. The Balaban J connectivity index is 2.74. The van der Waals surface area contributed by atoms with Crippen molar-refractivity contribution in [2.75, 3.05) is 13.2 Å². The van der Waals surface area contributed by atoms with Crippen LogP contribution in [0.25, 0.3) is 0 Å². The highest BCUT2D eigenvalue weighted by molar-refractivity contribution is 5.35. The third kappa shape index (κ3) is 4.93. The Morgan fingerprint density at radius 2 is 1.94 bits per heavy atom. The fraction of sp³-hybridized carbons (Fsp3) is 0.500. The molecule has 1 aromatic rings. The zero-order valence-corrected chi connectivity index (χ0v) is 9.91. The maximum Gasteiger partial charge on any atom is 0.573 e. The number of para-hydroxylation sites is 1. The molecule has 3 nitrogen and oxygen atoms in total. The molecule has 102 valence electrons. The topological polar surface area (TPSA) is 38.7 Å². The standard InChI is InChI=1S/C12H15F3O3/c1-2-7-17-8-10(16)9-5-3-4-6-11(9)18-12(13,14)15/h3-6,10,16H,2,7-8H2,1H3. The van der Waals surface area contributed by atoms with Gasteiger partial charge in [0.1, 0.15) is 11.9 Å². The molecule has 0 radical (unpaired) electrons. The van der Waals surface area contributed by atoms with E-state index in [9.17, 15) is 18.3 Å². The van der Waals surface area contributed by atoms with E-state index in [0.717, 1.165) is 12.5 Å². The highest BCUT2D eigenvalue weighted by Gasteiger charge is 2.32. The van der Waals surface area contributed by atoms with E-state index in [1.54, 1.807) is 0 Å². The van der Waals surface area contributed by atoms with Crippen LogP contribution in [-0.4, -0.2) is 24.7 Å². The van der Waals surface area contributed by atoms with Crippen molar-refractivity contribution in [3.05, 3.63) is 29.8 Å². The number of halogens is 3. The first-order valence-electron chi connectivity index (χ1n) is 5.54. The van der Waals surface area contributed by atoms with Gasteiger partial charge in [-0.3, -0.25) is 0 Å². The highest BCUT2D eigenvalue weighted by Crippen LogP contribution is 2.30. The molecule has 0 heterocycles. The molecule has 1 N–H and O–H groups in total. The molecule has 0 aromatic heterocycles. The molecular weight excluding hydrogens is 249 g/mol. The van der Waals surface area contributed by atoms with Crippen molar-refractivity contribution in [1.82, 2.24) is 0 Å². The van der Waals surface area contributed by atoms with Crippen LogP contribution in [-0.2, 0) is 4.74 Å². The molecule has 1 rings (SSSR count). The Hall–Kier alpha value is -1.27. The van der Waals surface area contributed by atoms with Crippen LogP contribution in [0.3, 0.4) is 0 Å². The van der Waals surface area contributed by atoms with Gasteiger partial charge in [0.2, 0.25) is 0 Å². The van der Waals surface area contributed by atoms with Gasteiger partial charge in [-0.05, 0) is 12.5 Å². The Bertz CT molecular complexity index is 366. The second-order valence-electron chi connectivity index (χ2n) is 3.68. The van der Waals surface area contributed by atoms with Crippen LogP contribution in [0.1, 0.15) is 25.0 Å². The summed E-state index contributed by atoms with van der Waals surface area (Å²) >= 11 is 0. The lowest BCUT2D eigenvalue weighted by Crippen LogP contribution is -2.19. The summed E-state index contributed by atoms with van der Waals surface area (Å²) in [6.45, 7) is 2.28. The SMILES string of the molecule is CCCOCC(O)c1ccccc1OC(F)(F)F. The fourth-order valence-electron chi connectivity index (χ4n) is 1.40. The fourth-order valence-corrected chi connectivity index (χ4v) is 1.40. The van der Waals surface area contributed by atoms with Crippen LogP contribution in [0.15, 0.2) is 24.3 Å². The van der Waals surface area contributed by atoms with E-state index in [1.807, 2.05) is 6.92 Å². The van der Waals surface area contributed by atoms with E-state index in [4.69, 9.17) is 4.74 Å². The zero-order valence-electron chi connectivity index (χ0n) is 9.91. The van der Waals surface area contributed by atoms with Gasteiger partial charge >= 0.3 is 6.36 Å². The van der Waals surface area contributed by atoms with Crippen LogP contribution >= 0.6 is 0 Å². The van der Waals surface area contributed by atoms with Crippen molar-refractivity contribution < 1.29 is 27.8 Å². The summed E-state index contributed by atoms with van der Waals surface area (Å²) in [6, 6.07) is 5.47. The van der Waals surface area contributed by atoms with Crippen molar-refractivity contribution in [2.24, 2.45) is 0 Å². The normalized spacial score (nSPS) is 13.4. The lowest BCUT2D eigenvalue weighted by Gasteiger charge is -2.17. The largest absolute Gasteiger partial charge is 0.573 e. The molecule has 0 saturated heterocycles. The van der Waals surface area contributed by atoms with E-state index in [0.29, 0.717) is 6.61 Å². The summed E-state index contributed by atoms with van der Waals surface area (Å²) < 4.78 is 45.4. The summed E-state index contributed by atoms with van der Waals surface area (Å²) in [5.74, 6) is -0.405. The van der Waals surface area contributed by atoms with E-state index >= 15 is 0 Å². The molecule has 6 heteroatoms. The number of hydrogen-bond donors (Lipinski definition) is 1. The van der Waals surface area contributed by atoms with Gasteiger partial charge in [0, 0.05) is 12.2 Å². The Labute approximate surface area is 103 Å². The van der Waals surface area contributed by atoms with Crippen molar-refractivity contribution in [2.45, 2.75) is 25.8 Å². The number of rotatable bonds is 6. The van der Waals surface area contributed by atoms with E-state index in [1.165, 1.54) is 18.2 Å². The lowest BCUT2D eigenvalue weighted by atomic mass is 10.1. The van der Waals surface area contributed by atoms with Gasteiger partial charge in [-0.1, -0.05) is 25.1 Å². The number of aliphatic hydroxyl groups excluding tert-OH is 1. The number of hydrogen-bond acceptors (Lipinski definition) is 3. The molecule has 1 unspecified atom stereocenters. The maximum atomic E-state index is 12.2. The zero-order chi connectivity index (χ0) is 13.6.